The van der Waals surface area contributed by atoms with E-state index in [1.54, 1.807) is 0 Å². The van der Waals surface area contributed by atoms with Crippen LogP contribution < -0.4 is 5.32 Å². The van der Waals surface area contributed by atoms with Crippen molar-refractivity contribution in [3.8, 4) is 0 Å². The van der Waals surface area contributed by atoms with Gasteiger partial charge in [-0.1, -0.05) is 18.2 Å². The Morgan fingerprint density at radius 1 is 1.29 bits per heavy atom. The van der Waals surface area contributed by atoms with Gasteiger partial charge in [0.25, 0.3) is 0 Å². The van der Waals surface area contributed by atoms with Crippen LogP contribution in [0.25, 0.3) is 0 Å². The molecule has 0 aromatic heterocycles. The second-order valence-electron chi connectivity index (χ2n) is 4.67. The van der Waals surface area contributed by atoms with E-state index in [2.05, 4.69) is 31.3 Å². The molecule has 1 fully saturated rings. The number of carbonyl (C=O) groups is 1. The van der Waals surface area contributed by atoms with Crippen LogP contribution in [0, 0.1) is 13.8 Å². The molecule has 92 valence electrons. The van der Waals surface area contributed by atoms with Gasteiger partial charge in [0.15, 0.2) is 0 Å². The van der Waals surface area contributed by atoms with E-state index in [1.165, 1.54) is 11.1 Å². The van der Waals surface area contributed by atoms with Crippen LogP contribution in [-0.2, 0) is 11.2 Å². The molecular formula is C14H20N2O. The second-order valence-corrected chi connectivity index (χ2v) is 4.67. The first-order chi connectivity index (χ1) is 8.18. The van der Waals surface area contributed by atoms with Gasteiger partial charge >= 0.3 is 0 Å². The molecular weight excluding hydrogens is 212 g/mol. The third-order valence-corrected chi connectivity index (χ3v) is 3.53. The molecule has 1 aromatic carbocycles. The number of carbonyl (C=O) groups excluding carboxylic acids is 1. The summed E-state index contributed by atoms with van der Waals surface area (Å²) in [5.74, 6) is 0.250. The van der Waals surface area contributed by atoms with Gasteiger partial charge in [-0.2, -0.15) is 0 Å². The lowest BCUT2D eigenvalue weighted by Crippen LogP contribution is -2.47. The van der Waals surface area contributed by atoms with Crippen LogP contribution in [0.4, 0.5) is 0 Å². The molecule has 3 nitrogen and oxygen atoms in total. The average molecular weight is 232 g/mol. The Labute approximate surface area is 103 Å². The van der Waals surface area contributed by atoms with E-state index >= 15 is 0 Å². The largest absolute Gasteiger partial charge is 0.340 e. The van der Waals surface area contributed by atoms with Gasteiger partial charge in [0.2, 0.25) is 5.91 Å². The summed E-state index contributed by atoms with van der Waals surface area (Å²) in [5.41, 5.74) is 3.67. The minimum atomic E-state index is 0.250. The van der Waals surface area contributed by atoms with Crippen molar-refractivity contribution in [3.05, 3.63) is 34.9 Å². The fraction of sp³-hybridized carbons (Fsp3) is 0.500. The molecule has 1 heterocycles. The third kappa shape index (κ3) is 2.86. The van der Waals surface area contributed by atoms with Crippen LogP contribution in [-0.4, -0.2) is 37.0 Å². The molecule has 1 aliphatic heterocycles. The number of aryl methyl sites for hydroxylation is 1. The number of nitrogens with zero attached hydrogens (tertiary/aromatic N) is 1. The van der Waals surface area contributed by atoms with Crippen molar-refractivity contribution in [2.75, 3.05) is 26.2 Å². The summed E-state index contributed by atoms with van der Waals surface area (Å²) in [4.78, 5) is 14.1. The molecule has 2 rings (SSSR count). The zero-order valence-electron chi connectivity index (χ0n) is 10.6. The first-order valence-corrected chi connectivity index (χ1v) is 6.22. The van der Waals surface area contributed by atoms with E-state index in [9.17, 15) is 4.79 Å². The quantitative estimate of drug-likeness (QED) is 0.833. The highest BCUT2D eigenvalue weighted by Gasteiger charge is 2.17. The van der Waals surface area contributed by atoms with Gasteiger partial charge in [0, 0.05) is 26.2 Å². The molecule has 1 amide bonds. The number of piperazine rings is 1. The molecule has 1 aliphatic rings. The van der Waals surface area contributed by atoms with E-state index in [4.69, 9.17) is 0 Å². The van der Waals surface area contributed by atoms with Gasteiger partial charge in [-0.05, 0) is 30.5 Å². The molecule has 0 aliphatic carbocycles. The number of hydrogen-bond acceptors (Lipinski definition) is 2. The molecule has 0 atom stereocenters. The summed E-state index contributed by atoms with van der Waals surface area (Å²) in [5, 5.41) is 3.26. The molecule has 1 aromatic rings. The summed E-state index contributed by atoms with van der Waals surface area (Å²) in [6.07, 6.45) is 0.535. The number of amides is 1. The first-order valence-electron chi connectivity index (χ1n) is 6.22. The molecule has 17 heavy (non-hydrogen) atoms. The van der Waals surface area contributed by atoms with Gasteiger partial charge in [-0.25, -0.2) is 0 Å². The standard InChI is InChI=1S/C14H20N2O/c1-11-4-3-5-13(12(11)2)10-14(17)16-8-6-15-7-9-16/h3-5,15H,6-10H2,1-2H3. The van der Waals surface area contributed by atoms with E-state index in [-0.39, 0.29) is 5.91 Å². The summed E-state index contributed by atoms with van der Waals surface area (Å²) in [6.45, 7) is 7.69. The lowest BCUT2D eigenvalue weighted by Gasteiger charge is -2.27. The second kappa shape index (κ2) is 5.32. The molecule has 3 heteroatoms. The van der Waals surface area contributed by atoms with E-state index in [0.29, 0.717) is 6.42 Å². The highest BCUT2D eigenvalue weighted by atomic mass is 16.2. The molecule has 0 bridgehead atoms. The van der Waals surface area contributed by atoms with Crippen molar-refractivity contribution >= 4 is 5.91 Å². The summed E-state index contributed by atoms with van der Waals surface area (Å²) in [6, 6.07) is 6.18. The van der Waals surface area contributed by atoms with Crippen molar-refractivity contribution in [1.29, 1.82) is 0 Å². The Morgan fingerprint density at radius 3 is 2.71 bits per heavy atom. The minimum Gasteiger partial charge on any atom is -0.340 e. The van der Waals surface area contributed by atoms with Crippen molar-refractivity contribution in [2.24, 2.45) is 0 Å². The molecule has 0 unspecified atom stereocenters. The maximum atomic E-state index is 12.1. The van der Waals surface area contributed by atoms with Crippen LogP contribution in [0.3, 0.4) is 0 Å². The predicted octanol–water partition coefficient (Wildman–Crippen LogP) is 1.28. The first kappa shape index (κ1) is 12.1. The minimum absolute atomic E-state index is 0.250. The monoisotopic (exact) mass is 232 g/mol. The predicted molar refractivity (Wildman–Crippen MR) is 69.1 cm³/mol. The smallest absolute Gasteiger partial charge is 0.227 e. The Bertz CT molecular complexity index is 409. The van der Waals surface area contributed by atoms with Gasteiger partial charge in [-0.15, -0.1) is 0 Å². The number of rotatable bonds is 2. The Morgan fingerprint density at radius 2 is 2.00 bits per heavy atom. The van der Waals surface area contributed by atoms with Crippen molar-refractivity contribution < 1.29 is 4.79 Å². The Balaban J connectivity index is 2.04. The van der Waals surface area contributed by atoms with E-state index < -0.39 is 0 Å². The topological polar surface area (TPSA) is 32.3 Å². The zero-order chi connectivity index (χ0) is 12.3. The lowest BCUT2D eigenvalue weighted by atomic mass is 10.0. The maximum Gasteiger partial charge on any atom is 0.227 e. The van der Waals surface area contributed by atoms with Crippen molar-refractivity contribution in [2.45, 2.75) is 20.3 Å². The summed E-state index contributed by atoms with van der Waals surface area (Å²) < 4.78 is 0. The summed E-state index contributed by atoms with van der Waals surface area (Å²) >= 11 is 0. The van der Waals surface area contributed by atoms with Crippen molar-refractivity contribution in [1.82, 2.24) is 10.2 Å². The summed E-state index contributed by atoms with van der Waals surface area (Å²) in [7, 11) is 0. The number of hydrogen-bond donors (Lipinski definition) is 1. The molecule has 0 spiro atoms. The highest BCUT2D eigenvalue weighted by Crippen LogP contribution is 2.14. The van der Waals surface area contributed by atoms with Crippen LogP contribution in [0.1, 0.15) is 16.7 Å². The van der Waals surface area contributed by atoms with Crippen molar-refractivity contribution in [3.63, 3.8) is 0 Å². The number of benzene rings is 1. The van der Waals surface area contributed by atoms with Crippen LogP contribution in [0.15, 0.2) is 18.2 Å². The normalized spacial score (nSPS) is 16.0. The van der Waals surface area contributed by atoms with E-state index in [1.807, 2.05) is 11.0 Å². The Hall–Kier alpha value is -1.35. The van der Waals surface area contributed by atoms with E-state index in [0.717, 1.165) is 31.7 Å². The lowest BCUT2D eigenvalue weighted by molar-refractivity contribution is -0.131. The van der Waals surface area contributed by atoms with Crippen LogP contribution in [0.5, 0.6) is 0 Å². The fourth-order valence-corrected chi connectivity index (χ4v) is 2.19. The van der Waals surface area contributed by atoms with Crippen LogP contribution in [0.2, 0.25) is 0 Å². The van der Waals surface area contributed by atoms with Gasteiger partial charge < -0.3 is 10.2 Å². The highest BCUT2D eigenvalue weighted by molar-refractivity contribution is 5.79. The van der Waals surface area contributed by atoms with Gasteiger partial charge in [0.1, 0.15) is 0 Å². The fourth-order valence-electron chi connectivity index (χ4n) is 2.19. The van der Waals surface area contributed by atoms with Crippen LogP contribution >= 0.6 is 0 Å². The van der Waals surface area contributed by atoms with Gasteiger partial charge in [-0.3, -0.25) is 4.79 Å². The zero-order valence-corrected chi connectivity index (χ0v) is 10.6. The Kier molecular flexibility index (Phi) is 3.79. The SMILES string of the molecule is Cc1cccc(CC(=O)N2CCNCC2)c1C. The van der Waals surface area contributed by atoms with Gasteiger partial charge in [0.05, 0.1) is 6.42 Å². The third-order valence-electron chi connectivity index (χ3n) is 3.53. The molecule has 1 saturated heterocycles. The average Bonchev–Trinajstić information content (AvgIpc) is 2.36. The maximum absolute atomic E-state index is 12.1. The molecule has 1 N–H and O–H groups in total. The molecule has 0 radical (unpaired) electrons. The molecule has 0 saturated carbocycles. The number of nitrogens with one attached hydrogen (secondary N) is 1.